The Morgan fingerprint density at radius 2 is 1.44 bits per heavy atom. The van der Waals surface area contributed by atoms with Crippen LogP contribution >= 0.6 is 0 Å². The molecule has 0 N–H and O–H groups in total. The molecule has 0 aromatic heterocycles. The van der Waals surface area contributed by atoms with Gasteiger partial charge in [-0.1, -0.05) is 6.07 Å². The molecule has 4 heteroatoms. The lowest BCUT2D eigenvalue weighted by Gasteiger charge is -2.45. The third-order valence-corrected chi connectivity index (χ3v) is 4.08. The summed E-state index contributed by atoms with van der Waals surface area (Å²) in [6, 6.07) is 1.94. The Balaban J connectivity index is 2.71. The molecule has 100 valence electrons. The van der Waals surface area contributed by atoms with Crippen LogP contribution in [0.3, 0.4) is 0 Å². The van der Waals surface area contributed by atoms with E-state index in [1.165, 1.54) is 0 Å². The Morgan fingerprint density at radius 3 is 1.72 bits per heavy atom. The van der Waals surface area contributed by atoms with E-state index in [9.17, 15) is 13.2 Å². The zero-order chi connectivity index (χ0) is 13.7. The van der Waals surface area contributed by atoms with Crippen LogP contribution in [0.1, 0.15) is 27.8 Å². The van der Waals surface area contributed by atoms with Crippen molar-refractivity contribution in [2.45, 2.75) is 39.3 Å². The van der Waals surface area contributed by atoms with Gasteiger partial charge in [0.05, 0.1) is 13.2 Å². The Kier molecular flexibility index (Phi) is 2.97. The highest BCUT2D eigenvalue weighted by molar-refractivity contribution is 5.50. The van der Waals surface area contributed by atoms with Crippen molar-refractivity contribution >= 4 is 0 Å². The van der Waals surface area contributed by atoms with Crippen LogP contribution in [0.2, 0.25) is 0 Å². The molecule has 1 heterocycles. The Labute approximate surface area is 105 Å². The lowest BCUT2D eigenvalue weighted by atomic mass is 9.72. The summed E-state index contributed by atoms with van der Waals surface area (Å²) in [4.78, 5) is 0. The maximum atomic E-state index is 13.4. The van der Waals surface area contributed by atoms with Crippen LogP contribution in [0, 0.1) is 27.7 Å². The molecule has 0 bridgehead atoms. The van der Waals surface area contributed by atoms with Gasteiger partial charge in [0.15, 0.2) is 0 Å². The minimum absolute atomic E-state index is 0.263. The third kappa shape index (κ3) is 1.66. The standard InChI is InChI=1S/C14H17F3O/c1-8-5-9(2)11(4)12(10(8)3)13(6-18-7-13)14(15,16)17/h5H,6-7H2,1-4H3. The summed E-state index contributed by atoms with van der Waals surface area (Å²) in [6.45, 7) is 6.72. The van der Waals surface area contributed by atoms with E-state index in [0.717, 1.165) is 22.3 Å². The molecule has 1 aliphatic rings. The number of ether oxygens (including phenoxy) is 1. The molecule has 1 fully saturated rings. The average molecular weight is 258 g/mol. The van der Waals surface area contributed by atoms with Crippen molar-refractivity contribution in [1.82, 2.24) is 0 Å². The minimum Gasteiger partial charge on any atom is -0.379 e. The molecule has 1 aromatic rings. The van der Waals surface area contributed by atoms with Gasteiger partial charge in [-0.2, -0.15) is 13.2 Å². The summed E-state index contributed by atoms with van der Waals surface area (Å²) in [5.41, 5.74) is 1.89. The number of aryl methyl sites for hydroxylation is 2. The molecule has 0 aliphatic carbocycles. The lowest BCUT2D eigenvalue weighted by Crippen LogP contribution is -2.58. The van der Waals surface area contributed by atoms with E-state index in [1.807, 2.05) is 19.9 Å². The summed E-state index contributed by atoms with van der Waals surface area (Å²) in [6.07, 6.45) is -4.26. The largest absolute Gasteiger partial charge is 0.402 e. The monoisotopic (exact) mass is 258 g/mol. The molecule has 1 saturated heterocycles. The molecule has 0 unspecified atom stereocenters. The predicted octanol–water partition coefficient (Wildman–Crippen LogP) is 3.75. The Hall–Kier alpha value is -1.03. The van der Waals surface area contributed by atoms with Crippen LogP contribution in [0.25, 0.3) is 0 Å². The van der Waals surface area contributed by atoms with E-state index in [0.29, 0.717) is 5.56 Å². The second-order valence-corrected chi connectivity index (χ2v) is 5.21. The van der Waals surface area contributed by atoms with E-state index in [4.69, 9.17) is 4.74 Å². The molecule has 1 aliphatic heterocycles. The highest BCUT2D eigenvalue weighted by Gasteiger charge is 2.62. The van der Waals surface area contributed by atoms with Crippen molar-refractivity contribution in [2.75, 3.05) is 13.2 Å². The van der Waals surface area contributed by atoms with Gasteiger partial charge in [-0.15, -0.1) is 0 Å². The van der Waals surface area contributed by atoms with E-state index in [2.05, 4.69) is 0 Å². The van der Waals surface area contributed by atoms with Crippen molar-refractivity contribution in [1.29, 1.82) is 0 Å². The van der Waals surface area contributed by atoms with Gasteiger partial charge >= 0.3 is 6.18 Å². The van der Waals surface area contributed by atoms with Crippen molar-refractivity contribution in [3.05, 3.63) is 33.9 Å². The second kappa shape index (κ2) is 3.98. The second-order valence-electron chi connectivity index (χ2n) is 5.21. The number of hydrogen-bond acceptors (Lipinski definition) is 1. The van der Waals surface area contributed by atoms with E-state index in [-0.39, 0.29) is 13.2 Å². The van der Waals surface area contributed by atoms with Crippen LogP contribution in [0.5, 0.6) is 0 Å². The Morgan fingerprint density at radius 1 is 1.00 bits per heavy atom. The Bertz CT molecular complexity index is 459. The molecule has 1 aromatic carbocycles. The highest BCUT2D eigenvalue weighted by Crippen LogP contribution is 2.49. The zero-order valence-electron chi connectivity index (χ0n) is 11.0. The van der Waals surface area contributed by atoms with Crippen LogP contribution in [-0.2, 0) is 10.2 Å². The van der Waals surface area contributed by atoms with Gasteiger partial charge in [-0.05, 0) is 55.5 Å². The highest BCUT2D eigenvalue weighted by atomic mass is 19.4. The molecule has 18 heavy (non-hydrogen) atoms. The van der Waals surface area contributed by atoms with Gasteiger partial charge in [0.2, 0.25) is 0 Å². The SMILES string of the molecule is Cc1cc(C)c(C)c(C2(C(F)(F)F)COC2)c1C. The normalized spacial score (nSPS) is 18.6. The van der Waals surface area contributed by atoms with Crippen LogP contribution in [0.15, 0.2) is 6.07 Å². The molecule has 0 saturated carbocycles. The molecular formula is C14H17F3O. The number of halogens is 3. The quantitative estimate of drug-likeness (QED) is 0.745. The summed E-state index contributed by atoms with van der Waals surface area (Å²) >= 11 is 0. The zero-order valence-corrected chi connectivity index (χ0v) is 11.0. The molecule has 0 spiro atoms. The van der Waals surface area contributed by atoms with Gasteiger partial charge in [0, 0.05) is 0 Å². The van der Waals surface area contributed by atoms with Gasteiger partial charge in [-0.25, -0.2) is 0 Å². The molecule has 0 atom stereocenters. The predicted molar refractivity (Wildman–Crippen MR) is 63.9 cm³/mol. The van der Waals surface area contributed by atoms with E-state index >= 15 is 0 Å². The van der Waals surface area contributed by atoms with E-state index < -0.39 is 11.6 Å². The maximum absolute atomic E-state index is 13.4. The van der Waals surface area contributed by atoms with Crippen molar-refractivity contribution in [2.24, 2.45) is 0 Å². The first-order chi connectivity index (χ1) is 8.21. The summed E-state index contributed by atoms with van der Waals surface area (Å²) in [5, 5.41) is 0. The molecule has 0 amide bonds. The maximum Gasteiger partial charge on any atom is 0.402 e. The number of rotatable bonds is 1. The molecule has 1 nitrogen and oxygen atoms in total. The fourth-order valence-corrected chi connectivity index (χ4v) is 2.69. The molecule has 2 rings (SSSR count). The molecule has 0 radical (unpaired) electrons. The van der Waals surface area contributed by atoms with Gasteiger partial charge in [0.25, 0.3) is 0 Å². The van der Waals surface area contributed by atoms with Crippen molar-refractivity contribution < 1.29 is 17.9 Å². The lowest BCUT2D eigenvalue weighted by molar-refractivity contribution is -0.262. The number of benzene rings is 1. The van der Waals surface area contributed by atoms with Gasteiger partial charge in [0.1, 0.15) is 5.41 Å². The topological polar surface area (TPSA) is 9.23 Å². The fourth-order valence-electron chi connectivity index (χ4n) is 2.69. The number of hydrogen-bond donors (Lipinski definition) is 0. The fraction of sp³-hybridized carbons (Fsp3) is 0.571. The van der Waals surface area contributed by atoms with E-state index in [1.54, 1.807) is 13.8 Å². The van der Waals surface area contributed by atoms with Crippen LogP contribution in [0.4, 0.5) is 13.2 Å². The van der Waals surface area contributed by atoms with Crippen LogP contribution in [-0.4, -0.2) is 19.4 Å². The first kappa shape index (κ1) is 13.4. The summed E-state index contributed by atoms with van der Waals surface area (Å²) in [5.74, 6) is 0. The van der Waals surface area contributed by atoms with Gasteiger partial charge in [-0.3, -0.25) is 0 Å². The third-order valence-electron chi connectivity index (χ3n) is 4.08. The van der Waals surface area contributed by atoms with Crippen molar-refractivity contribution in [3.8, 4) is 0 Å². The van der Waals surface area contributed by atoms with Gasteiger partial charge < -0.3 is 4.74 Å². The van der Waals surface area contributed by atoms with Crippen LogP contribution < -0.4 is 0 Å². The average Bonchev–Trinajstić information content (AvgIpc) is 2.16. The first-order valence-corrected chi connectivity index (χ1v) is 5.93. The molecular weight excluding hydrogens is 241 g/mol. The smallest absolute Gasteiger partial charge is 0.379 e. The first-order valence-electron chi connectivity index (χ1n) is 5.93. The number of alkyl halides is 3. The summed E-state index contributed by atoms with van der Waals surface area (Å²) in [7, 11) is 0. The minimum atomic E-state index is -4.26. The summed E-state index contributed by atoms with van der Waals surface area (Å²) < 4.78 is 45.0. The van der Waals surface area contributed by atoms with Crippen molar-refractivity contribution in [3.63, 3.8) is 0 Å².